The monoisotopic (exact) mass is 607 g/mol. The lowest BCUT2D eigenvalue weighted by Gasteiger charge is -2.16. The first-order valence-corrected chi connectivity index (χ1v) is 15.9. The van der Waals surface area contributed by atoms with E-state index in [0.29, 0.717) is 5.82 Å². The lowest BCUT2D eigenvalue weighted by Crippen LogP contribution is -2.07. The van der Waals surface area contributed by atoms with Gasteiger partial charge in [0.2, 0.25) is 0 Å². The van der Waals surface area contributed by atoms with Gasteiger partial charge >= 0.3 is 0 Å². The molecule has 0 bridgehead atoms. The number of aryl methyl sites for hydroxylation is 3. The predicted octanol–water partition coefficient (Wildman–Crippen LogP) is 10.2. The van der Waals surface area contributed by atoms with Crippen molar-refractivity contribution in [1.29, 1.82) is 0 Å². The van der Waals surface area contributed by atoms with Crippen molar-refractivity contribution in [2.45, 2.75) is 20.8 Å². The van der Waals surface area contributed by atoms with Crippen LogP contribution in [0.5, 0.6) is 0 Å². The molecule has 0 aliphatic heterocycles. The maximum Gasteiger partial charge on any atom is 0.170 e. The Morgan fingerprint density at radius 3 is 1.36 bits per heavy atom. The summed E-state index contributed by atoms with van der Waals surface area (Å²) in [4.78, 5) is 15.5. The van der Waals surface area contributed by atoms with E-state index in [-0.39, 0.29) is 0 Å². The summed E-state index contributed by atoms with van der Waals surface area (Å²) in [6.07, 6.45) is 0. The second-order valence-electron chi connectivity index (χ2n) is 11.8. The smallest absolute Gasteiger partial charge is 0.170 e. The molecule has 0 atom stereocenters. The van der Waals surface area contributed by atoms with Gasteiger partial charge in [0, 0.05) is 11.1 Å². The predicted molar refractivity (Wildman–Crippen MR) is 192 cm³/mol. The SMILES string of the molecule is Cc1nc(-n2c(-c3ccccc3)c(-c3ccccc3)c(-c3ccccc3)c2-c2ccccc2)c2nc(C)n(-c3ccccc3C)c2n1. The average Bonchev–Trinajstić information content (AvgIpc) is 3.64. The van der Waals surface area contributed by atoms with E-state index in [1.54, 1.807) is 0 Å². The molecule has 0 aliphatic rings. The summed E-state index contributed by atoms with van der Waals surface area (Å²) in [6, 6.07) is 51.0. The second-order valence-corrected chi connectivity index (χ2v) is 11.8. The Labute approximate surface area is 274 Å². The van der Waals surface area contributed by atoms with Crippen molar-refractivity contribution in [3.8, 4) is 56.3 Å². The van der Waals surface area contributed by atoms with Crippen LogP contribution in [0.15, 0.2) is 146 Å². The molecule has 0 radical (unpaired) electrons. The normalized spacial score (nSPS) is 11.3. The number of benzene rings is 5. The molecule has 226 valence electrons. The van der Waals surface area contributed by atoms with Gasteiger partial charge in [0.25, 0.3) is 0 Å². The van der Waals surface area contributed by atoms with Gasteiger partial charge in [0.05, 0.1) is 17.1 Å². The fraction of sp³-hybridized carbons (Fsp3) is 0.0714. The number of hydrogen-bond donors (Lipinski definition) is 0. The molecule has 0 fully saturated rings. The molecule has 0 aliphatic carbocycles. The number of fused-ring (bicyclic) bond motifs is 1. The van der Waals surface area contributed by atoms with Crippen molar-refractivity contribution in [2.24, 2.45) is 0 Å². The van der Waals surface area contributed by atoms with Gasteiger partial charge in [-0.3, -0.25) is 9.13 Å². The van der Waals surface area contributed by atoms with Gasteiger partial charge < -0.3 is 0 Å². The Kier molecular flexibility index (Phi) is 7.07. The quantitative estimate of drug-likeness (QED) is 0.189. The third-order valence-corrected chi connectivity index (χ3v) is 8.73. The van der Waals surface area contributed by atoms with Crippen molar-refractivity contribution in [1.82, 2.24) is 24.1 Å². The number of nitrogens with zero attached hydrogens (tertiary/aromatic N) is 5. The third kappa shape index (κ3) is 4.84. The van der Waals surface area contributed by atoms with Gasteiger partial charge in [-0.25, -0.2) is 15.0 Å². The van der Waals surface area contributed by atoms with E-state index in [1.165, 1.54) is 0 Å². The molecular weight excluding hydrogens is 574 g/mol. The van der Waals surface area contributed by atoms with Gasteiger partial charge in [0.1, 0.15) is 11.6 Å². The summed E-state index contributed by atoms with van der Waals surface area (Å²) in [5, 5.41) is 0. The minimum Gasteiger partial charge on any atom is -0.291 e. The number of hydrogen-bond acceptors (Lipinski definition) is 3. The highest BCUT2D eigenvalue weighted by Crippen LogP contribution is 2.50. The van der Waals surface area contributed by atoms with E-state index in [2.05, 4.69) is 162 Å². The molecule has 0 unspecified atom stereocenters. The molecule has 8 rings (SSSR count). The molecule has 0 saturated heterocycles. The molecule has 3 aromatic heterocycles. The number of para-hydroxylation sites is 1. The Bertz CT molecular complexity index is 2250. The van der Waals surface area contributed by atoms with Gasteiger partial charge in [-0.15, -0.1) is 0 Å². The van der Waals surface area contributed by atoms with Crippen LogP contribution in [0.1, 0.15) is 17.2 Å². The van der Waals surface area contributed by atoms with E-state index in [9.17, 15) is 0 Å². The molecule has 0 saturated carbocycles. The Hall–Kier alpha value is -6.07. The van der Waals surface area contributed by atoms with E-state index in [4.69, 9.17) is 15.0 Å². The van der Waals surface area contributed by atoms with E-state index in [0.717, 1.165) is 78.8 Å². The fourth-order valence-corrected chi connectivity index (χ4v) is 6.71. The zero-order valence-corrected chi connectivity index (χ0v) is 26.6. The van der Waals surface area contributed by atoms with Crippen LogP contribution >= 0.6 is 0 Å². The first-order valence-electron chi connectivity index (χ1n) is 15.9. The van der Waals surface area contributed by atoms with Gasteiger partial charge in [-0.1, -0.05) is 140 Å². The molecule has 0 N–H and O–H groups in total. The maximum atomic E-state index is 5.23. The molecular formula is C42H33N5. The fourth-order valence-electron chi connectivity index (χ4n) is 6.71. The number of rotatable bonds is 6. The van der Waals surface area contributed by atoms with Crippen LogP contribution in [-0.4, -0.2) is 24.1 Å². The van der Waals surface area contributed by atoms with Crippen molar-refractivity contribution < 1.29 is 0 Å². The average molecular weight is 608 g/mol. The summed E-state index contributed by atoms with van der Waals surface area (Å²) in [5.74, 6) is 2.29. The van der Waals surface area contributed by atoms with Crippen LogP contribution < -0.4 is 0 Å². The molecule has 5 aromatic carbocycles. The summed E-state index contributed by atoms with van der Waals surface area (Å²) in [7, 11) is 0. The minimum absolute atomic E-state index is 0.677. The van der Waals surface area contributed by atoms with Crippen molar-refractivity contribution in [3.63, 3.8) is 0 Å². The van der Waals surface area contributed by atoms with Crippen molar-refractivity contribution >= 4 is 11.2 Å². The highest BCUT2D eigenvalue weighted by molar-refractivity contribution is 6.03. The van der Waals surface area contributed by atoms with Crippen LogP contribution in [0.3, 0.4) is 0 Å². The zero-order valence-electron chi connectivity index (χ0n) is 26.6. The first kappa shape index (κ1) is 28.4. The number of aromatic nitrogens is 5. The summed E-state index contributed by atoms with van der Waals surface area (Å²) in [6.45, 7) is 6.14. The van der Waals surface area contributed by atoms with Crippen LogP contribution in [0.25, 0.3) is 67.4 Å². The van der Waals surface area contributed by atoms with Gasteiger partial charge in [-0.05, 0) is 54.7 Å². The standard InChI is InChI=1S/C42H33N5/c1-28-18-16-17-27-35(28)46-30(3)45-38-41(46)43-29(2)44-42(38)47-39(33-23-12-6-13-24-33)36(31-19-8-4-9-20-31)37(32-21-10-5-11-22-32)40(47)34-25-14-7-15-26-34/h4-27H,1-3H3. The first-order chi connectivity index (χ1) is 23.1. The van der Waals surface area contributed by atoms with Crippen molar-refractivity contribution in [2.75, 3.05) is 0 Å². The molecule has 0 amide bonds. The molecule has 5 nitrogen and oxygen atoms in total. The highest BCUT2D eigenvalue weighted by Gasteiger charge is 2.30. The Morgan fingerprint density at radius 1 is 0.426 bits per heavy atom. The van der Waals surface area contributed by atoms with E-state index >= 15 is 0 Å². The maximum absolute atomic E-state index is 5.23. The number of imidazole rings is 1. The van der Waals surface area contributed by atoms with E-state index < -0.39 is 0 Å². The summed E-state index contributed by atoms with van der Waals surface area (Å²) < 4.78 is 4.49. The summed E-state index contributed by atoms with van der Waals surface area (Å²) >= 11 is 0. The lowest BCUT2D eigenvalue weighted by molar-refractivity contribution is 0.952. The highest BCUT2D eigenvalue weighted by atomic mass is 15.2. The zero-order chi connectivity index (χ0) is 31.9. The molecule has 8 aromatic rings. The van der Waals surface area contributed by atoms with Crippen LogP contribution in [0, 0.1) is 20.8 Å². The minimum atomic E-state index is 0.677. The van der Waals surface area contributed by atoms with Crippen molar-refractivity contribution in [3.05, 3.63) is 163 Å². The lowest BCUT2D eigenvalue weighted by atomic mass is 9.91. The molecule has 47 heavy (non-hydrogen) atoms. The van der Waals surface area contributed by atoms with Crippen LogP contribution in [0.4, 0.5) is 0 Å². The molecule has 3 heterocycles. The van der Waals surface area contributed by atoms with Crippen LogP contribution in [-0.2, 0) is 0 Å². The summed E-state index contributed by atoms with van der Waals surface area (Å²) in [5.41, 5.74) is 12.6. The Balaban J connectivity index is 1.60. The second kappa shape index (κ2) is 11.7. The Morgan fingerprint density at radius 2 is 0.872 bits per heavy atom. The third-order valence-electron chi connectivity index (χ3n) is 8.73. The van der Waals surface area contributed by atoms with E-state index in [1.807, 2.05) is 13.8 Å². The molecule has 0 spiro atoms. The van der Waals surface area contributed by atoms with Gasteiger partial charge in [0.15, 0.2) is 17.0 Å². The van der Waals surface area contributed by atoms with Gasteiger partial charge in [-0.2, -0.15) is 0 Å². The molecule has 5 heteroatoms. The topological polar surface area (TPSA) is 48.5 Å². The largest absolute Gasteiger partial charge is 0.291 e. The van der Waals surface area contributed by atoms with Crippen LogP contribution in [0.2, 0.25) is 0 Å².